The Hall–Kier alpha value is -1.77. The van der Waals surface area contributed by atoms with Crippen molar-refractivity contribution in [2.24, 2.45) is 0 Å². The summed E-state index contributed by atoms with van der Waals surface area (Å²) in [4.78, 5) is 10.9. The monoisotopic (exact) mass is 248 g/mol. The highest BCUT2D eigenvalue weighted by Crippen LogP contribution is 2.22. The van der Waals surface area contributed by atoms with Gasteiger partial charge in [0.05, 0.1) is 18.9 Å². The Morgan fingerprint density at radius 2 is 1.89 bits per heavy atom. The standard InChI is InChI=1S/C15H20O3/c1-15(2,3)13-6-4-12(5-7-13)9-11-18-14(17)8-10-16/h4-8,10,16H,9,11H2,1-3H3/b10-8-. The fraction of sp³-hybridized carbons (Fsp3) is 0.400. The van der Waals surface area contributed by atoms with Crippen LogP contribution in [0.3, 0.4) is 0 Å². The minimum absolute atomic E-state index is 0.150. The summed E-state index contributed by atoms with van der Waals surface area (Å²) in [7, 11) is 0. The Morgan fingerprint density at radius 1 is 1.28 bits per heavy atom. The lowest BCUT2D eigenvalue weighted by Gasteiger charge is -2.19. The lowest BCUT2D eigenvalue weighted by molar-refractivity contribution is -0.137. The maximum absolute atomic E-state index is 10.9. The van der Waals surface area contributed by atoms with Crippen LogP contribution in [0.15, 0.2) is 36.6 Å². The molecule has 0 fully saturated rings. The summed E-state index contributed by atoms with van der Waals surface area (Å²) in [6.07, 6.45) is 2.35. The molecule has 1 N–H and O–H groups in total. The van der Waals surface area contributed by atoms with Crippen molar-refractivity contribution in [3.63, 3.8) is 0 Å². The van der Waals surface area contributed by atoms with Crippen molar-refractivity contribution in [2.45, 2.75) is 32.6 Å². The first-order valence-electron chi connectivity index (χ1n) is 6.00. The minimum Gasteiger partial charge on any atom is -0.515 e. The van der Waals surface area contributed by atoms with Crippen LogP contribution in [0.5, 0.6) is 0 Å². The Bertz CT molecular complexity index is 410. The van der Waals surface area contributed by atoms with Gasteiger partial charge in [-0.15, -0.1) is 0 Å². The molecule has 0 saturated carbocycles. The van der Waals surface area contributed by atoms with E-state index in [4.69, 9.17) is 9.84 Å². The Kier molecular flexibility index (Phi) is 4.95. The van der Waals surface area contributed by atoms with Crippen LogP contribution in [0.4, 0.5) is 0 Å². The molecule has 0 aliphatic heterocycles. The van der Waals surface area contributed by atoms with Crippen LogP contribution < -0.4 is 0 Å². The summed E-state index contributed by atoms with van der Waals surface area (Å²) >= 11 is 0. The first kappa shape index (κ1) is 14.3. The van der Waals surface area contributed by atoms with E-state index in [1.807, 2.05) is 0 Å². The fourth-order valence-corrected chi connectivity index (χ4v) is 1.55. The average Bonchev–Trinajstić information content (AvgIpc) is 2.29. The molecule has 0 radical (unpaired) electrons. The lowest BCUT2D eigenvalue weighted by atomic mass is 9.86. The number of aliphatic hydroxyl groups excluding tert-OH is 1. The quantitative estimate of drug-likeness (QED) is 0.506. The van der Waals surface area contributed by atoms with Crippen LogP contribution in [0.25, 0.3) is 0 Å². The number of rotatable bonds is 4. The van der Waals surface area contributed by atoms with Gasteiger partial charge in [0.2, 0.25) is 0 Å². The first-order chi connectivity index (χ1) is 8.43. The predicted molar refractivity (Wildman–Crippen MR) is 71.6 cm³/mol. The molecule has 1 aromatic carbocycles. The van der Waals surface area contributed by atoms with Crippen molar-refractivity contribution < 1.29 is 14.6 Å². The van der Waals surface area contributed by atoms with Gasteiger partial charge in [0.15, 0.2) is 0 Å². The van der Waals surface area contributed by atoms with E-state index in [0.717, 1.165) is 11.6 Å². The second-order valence-corrected chi connectivity index (χ2v) is 5.18. The number of benzene rings is 1. The van der Waals surface area contributed by atoms with Crippen LogP contribution in [0.1, 0.15) is 31.9 Å². The zero-order valence-electron chi connectivity index (χ0n) is 11.1. The molecular weight excluding hydrogens is 228 g/mol. The maximum Gasteiger partial charge on any atom is 0.333 e. The second-order valence-electron chi connectivity index (χ2n) is 5.18. The van der Waals surface area contributed by atoms with Crippen LogP contribution in [0, 0.1) is 0 Å². The Labute approximate surface area is 108 Å². The minimum atomic E-state index is -0.524. The van der Waals surface area contributed by atoms with Crippen LogP contribution >= 0.6 is 0 Å². The van der Waals surface area contributed by atoms with Crippen LogP contribution in [0.2, 0.25) is 0 Å². The van der Waals surface area contributed by atoms with E-state index >= 15 is 0 Å². The molecule has 0 heterocycles. The molecule has 0 bridgehead atoms. The van der Waals surface area contributed by atoms with Gasteiger partial charge in [-0.1, -0.05) is 45.0 Å². The van der Waals surface area contributed by atoms with Gasteiger partial charge >= 0.3 is 5.97 Å². The fourth-order valence-electron chi connectivity index (χ4n) is 1.55. The van der Waals surface area contributed by atoms with Gasteiger partial charge in [0, 0.05) is 6.42 Å². The molecule has 0 saturated heterocycles. The van der Waals surface area contributed by atoms with Gasteiger partial charge < -0.3 is 9.84 Å². The van der Waals surface area contributed by atoms with Gasteiger partial charge in [-0.2, -0.15) is 0 Å². The van der Waals surface area contributed by atoms with Crippen LogP contribution in [-0.2, 0) is 21.4 Å². The summed E-state index contributed by atoms with van der Waals surface area (Å²) in [5.74, 6) is -0.524. The molecule has 0 aromatic heterocycles. The molecule has 0 aliphatic carbocycles. The predicted octanol–water partition coefficient (Wildman–Crippen LogP) is 3.14. The van der Waals surface area contributed by atoms with Gasteiger partial charge in [0.1, 0.15) is 0 Å². The third kappa shape index (κ3) is 4.62. The summed E-state index contributed by atoms with van der Waals surface area (Å²) in [5, 5.41) is 8.38. The summed E-state index contributed by atoms with van der Waals surface area (Å²) in [6.45, 7) is 6.83. The number of ether oxygens (including phenoxy) is 1. The third-order valence-corrected chi connectivity index (χ3v) is 2.67. The normalized spacial score (nSPS) is 11.7. The van der Waals surface area contributed by atoms with Gasteiger partial charge in [0.25, 0.3) is 0 Å². The number of aliphatic hydroxyl groups is 1. The molecule has 98 valence electrons. The zero-order valence-corrected chi connectivity index (χ0v) is 11.1. The highest BCUT2D eigenvalue weighted by molar-refractivity contribution is 5.81. The molecule has 0 amide bonds. The first-order valence-corrected chi connectivity index (χ1v) is 6.00. The van der Waals surface area contributed by atoms with Gasteiger partial charge in [-0.25, -0.2) is 4.79 Å². The molecule has 0 aliphatic rings. The molecule has 1 aromatic rings. The smallest absolute Gasteiger partial charge is 0.333 e. The number of hydrogen-bond donors (Lipinski definition) is 1. The summed E-state index contributed by atoms with van der Waals surface area (Å²) in [5.41, 5.74) is 2.56. The molecule has 18 heavy (non-hydrogen) atoms. The number of carbonyl (C=O) groups is 1. The Morgan fingerprint density at radius 3 is 2.39 bits per heavy atom. The van der Waals surface area contributed by atoms with Crippen molar-refractivity contribution in [3.05, 3.63) is 47.7 Å². The number of esters is 1. The van der Waals surface area contributed by atoms with Crippen molar-refractivity contribution in [1.29, 1.82) is 0 Å². The SMILES string of the molecule is CC(C)(C)c1ccc(CCOC(=O)/C=C\O)cc1. The molecular formula is C15H20O3. The lowest BCUT2D eigenvalue weighted by Crippen LogP contribution is -2.11. The van der Waals surface area contributed by atoms with Crippen molar-refractivity contribution in [3.8, 4) is 0 Å². The molecule has 1 rings (SSSR count). The van der Waals surface area contributed by atoms with Crippen molar-refractivity contribution in [2.75, 3.05) is 6.61 Å². The van der Waals surface area contributed by atoms with Gasteiger partial charge in [-0.3, -0.25) is 0 Å². The van der Waals surface area contributed by atoms with E-state index in [9.17, 15) is 4.79 Å². The van der Waals surface area contributed by atoms with E-state index in [1.165, 1.54) is 5.56 Å². The van der Waals surface area contributed by atoms with Crippen molar-refractivity contribution >= 4 is 5.97 Å². The van der Waals surface area contributed by atoms with E-state index in [1.54, 1.807) is 0 Å². The summed E-state index contributed by atoms with van der Waals surface area (Å²) < 4.78 is 4.90. The third-order valence-electron chi connectivity index (χ3n) is 2.67. The molecule has 0 unspecified atom stereocenters. The van der Waals surface area contributed by atoms with Gasteiger partial charge in [-0.05, 0) is 16.5 Å². The number of carbonyl (C=O) groups excluding carboxylic acids is 1. The average molecular weight is 248 g/mol. The van der Waals surface area contributed by atoms with E-state index in [0.29, 0.717) is 19.3 Å². The summed E-state index contributed by atoms with van der Waals surface area (Å²) in [6, 6.07) is 8.31. The number of hydrogen-bond acceptors (Lipinski definition) is 3. The molecule has 0 atom stereocenters. The topological polar surface area (TPSA) is 46.5 Å². The van der Waals surface area contributed by atoms with Crippen LogP contribution in [-0.4, -0.2) is 17.7 Å². The molecule has 0 spiro atoms. The molecule has 3 heteroatoms. The van der Waals surface area contributed by atoms with E-state index in [2.05, 4.69) is 45.0 Å². The zero-order chi connectivity index (χ0) is 13.6. The largest absolute Gasteiger partial charge is 0.515 e. The highest BCUT2D eigenvalue weighted by Gasteiger charge is 2.12. The maximum atomic E-state index is 10.9. The molecule has 3 nitrogen and oxygen atoms in total. The second kappa shape index (κ2) is 6.24. The van der Waals surface area contributed by atoms with E-state index < -0.39 is 5.97 Å². The Balaban J connectivity index is 2.47. The highest BCUT2D eigenvalue weighted by atomic mass is 16.5. The van der Waals surface area contributed by atoms with Crippen molar-refractivity contribution in [1.82, 2.24) is 0 Å². The van der Waals surface area contributed by atoms with E-state index in [-0.39, 0.29) is 5.41 Å².